The van der Waals surface area contributed by atoms with E-state index in [0.29, 0.717) is 31.7 Å². The molecule has 0 saturated heterocycles. The molecular formula is C8H5ClHgNO. The van der Waals surface area contributed by atoms with Gasteiger partial charge in [0.2, 0.25) is 0 Å². The van der Waals surface area contributed by atoms with Gasteiger partial charge in [-0.2, -0.15) is 0 Å². The van der Waals surface area contributed by atoms with Gasteiger partial charge in [0.15, 0.2) is 0 Å². The molecule has 2 nitrogen and oxygen atoms in total. The number of carbonyl (C=O) groups excluding carboxylic acids is 1. The molecule has 0 aliphatic carbocycles. The van der Waals surface area contributed by atoms with Gasteiger partial charge in [-0.25, -0.2) is 0 Å². The summed E-state index contributed by atoms with van der Waals surface area (Å²) >= 11 is 5.54. The topological polar surface area (TPSA) is 40.9 Å². The summed E-state index contributed by atoms with van der Waals surface area (Å²) in [4.78, 5) is 10.4. The number of hydrogen-bond acceptors (Lipinski definition) is 2. The second-order valence-corrected chi connectivity index (χ2v) is 3.37. The average molecular weight is 367 g/mol. The van der Waals surface area contributed by atoms with Crippen molar-refractivity contribution in [3.05, 3.63) is 35.9 Å². The van der Waals surface area contributed by atoms with Crippen LogP contribution in [0, 0.1) is 8.84 Å². The Hall–Kier alpha value is -0.395. The summed E-state index contributed by atoms with van der Waals surface area (Å²) in [5, 5.41) is 7.00. The Labute approximate surface area is 92.1 Å². The third-order valence-corrected chi connectivity index (χ3v) is 1.22. The fourth-order valence-electron chi connectivity index (χ4n) is 0.569. The van der Waals surface area contributed by atoms with Crippen LogP contribution in [0.2, 0.25) is 0 Å². The number of rotatable bonds is 1. The van der Waals surface area contributed by atoms with E-state index in [9.17, 15) is 4.79 Å². The molecule has 0 spiro atoms. The molecule has 0 aliphatic heterocycles. The number of halogens is 1. The maximum atomic E-state index is 10.4. The van der Waals surface area contributed by atoms with Crippen molar-refractivity contribution in [3.63, 3.8) is 0 Å². The maximum absolute atomic E-state index is 10.4. The van der Waals surface area contributed by atoms with Crippen LogP contribution in [0.1, 0.15) is 10.4 Å². The minimum absolute atomic E-state index is 0.372. The number of hydrogen-bond donors (Lipinski definition) is 0. The molecule has 1 aromatic rings. The van der Waals surface area contributed by atoms with E-state index >= 15 is 0 Å². The van der Waals surface area contributed by atoms with E-state index in [0.717, 1.165) is 0 Å². The molecule has 0 bridgehead atoms. The van der Waals surface area contributed by atoms with Crippen LogP contribution in [0.25, 0.3) is 0 Å². The Kier molecular flexibility index (Phi) is 7.03. The van der Waals surface area contributed by atoms with Gasteiger partial charge in [0, 0.05) is 5.56 Å². The number of nitriles is 1. The monoisotopic (exact) mass is 368 g/mol. The Balaban J connectivity index is 0.000000354. The van der Waals surface area contributed by atoms with E-state index < -0.39 is 5.24 Å². The van der Waals surface area contributed by atoms with Crippen molar-refractivity contribution in [2.45, 2.75) is 0 Å². The fraction of sp³-hybridized carbons (Fsp3) is 0. The first-order valence-electron chi connectivity index (χ1n) is 3.13. The predicted octanol–water partition coefficient (Wildman–Crippen LogP) is 2.08. The molecule has 0 amide bonds. The van der Waals surface area contributed by atoms with E-state index in [1.54, 1.807) is 24.3 Å². The SMILES string of the molecule is N#[C][Hg].O=C(Cl)c1ccccc1. The normalized spacial score (nSPS) is 7.50. The van der Waals surface area contributed by atoms with Gasteiger partial charge in [0.25, 0.3) is 5.24 Å². The van der Waals surface area contributed by atoms with Crippen LogP contribution in [0.3, 0.4) is 0 Å². The molecule has 4 heteroatoms. The van der Waals surface area contributed by atoms with Crippen LogP contribution in [-0.4, -0.2) is 5.24 Å². The molecule has 0 fully saturated rings. The van der Waals surface area contributed by atoms with E-state index in [-0.39, 0.29) is 0 Å². The molecule has 0 N–H and O–H groups in total. The molecule has 0 aromatic heterocycles. The van der Waals surface area contributed by atoms with Gasteiger partial charge in [-0.15, -0.1) is 0 Å². The molecule has 12 heavy (non-hydrogen) atoms. The molecule has 1 rings (SSSR count). The Morgan fingerprint density at radius 2 is 1.83 bits per heavy atom. The Morgan fingerprint density at radius 3 is 2.08 bits per heavy atom. The van der Waals surface area contributed by atoms with Crippen molar-refractivity contribution < 1.29 is 30.9 Å². The molecule has 57 valence electrons. The number of benzene rings is 1. The smallest absolute Gasteiger partial charge is 0.252 e. The van der Waals surface area contributed by atoms with Gasteiger partial charge in [-0.05, 0) is 11.6 Å². The molecule has 0 saturated carbocycles. The fourth-order valence-corrected chi connectivity index (χ4v) is 0.695. The van der Waals surface area contributed by atoms with Crippen molar-refractivity contribution in [1.29, 1.82) is 5.26 Å². The van der Waals surface area contributed by atoms with Gasteiger partial charge in [-0.3, -0.25) is 4.79 Å². The van der Waals surface area contributed by atoms with Crippen molar-refractivity contribution in [2.75, 3.05) is 0 Å². The van der Waals surface area contributed by atoms with E-state index in [1.165, 1.54) is 0 Å². The van der Waals surface area contributed by atoms with Crippen molar-refractivity contribution >= 4 is 16.8 Å². The van der Waals surface area contributed by atoms with Crippen molar-refractivity contribution in [1.82, 2.24) is 0 Å². The van der Waals surface area contributed by atoms with Crippen molar-refractivity contribution in [2.24, 2.45) is 0 Å². The van der Waals surface area contributed by atoms with Crippen LogP contribution >= 0.6 is 11.6 Å². The second-order valence-electron chi connectivity index (χ2n) is 1.80. The Bertz CT molecular complexity index is 281. The summed E-state index contributed by atoms with van der Waals surface area (Å²) in [6.45, 7) is 0. The number of carbonyl (C=O) groups is 1. The first-order chi connectivity index (χ1) is 5.72. The Morgan fingerprint density at radius 1 is 1.42 bits per heavy atom. The molecule has 1 aromatic carbocycles. The van der Waals surface area contributed by atoms with Gasteiger partial charge in [-0.1, -0.05) is 30.3 Å². The zero-order valence-electron chi connectivity index (χ0n) is 6.33. The maximum Gasteiger partial charge on any atom is 0.252 e. The van der Waals surface area contributed by atoms with Crippen LogP contribution in [0.4, 0.5) is 0 Å². The molecule has 0 atom stereocenters. The minimum atomic E-state index is -0.407. The van der Waals surface area contributed by atoms with E-state index in [2.05, 4.69) is 0 Å². The largest absolute Gasteiger partial charge is 0.276 e. The van der Waals surface area contributed by atoms with E-state index in [1.807, 2.05) is 9.64 Å². The summed E-state index contributed by atoms with van der Waals surface area (Å²) in [7, 11) is 0. The summed E-state index contributed by atoms with van der Waals surface area (Å²) in [6, 6.07) is 8.74. The third kappa shape index (κ3) is 5.28. The summed E-state index contributed by atoms with van der Waals surface area (Å²) in [5.74, 6) is 0. The minimum Gasteiger partial charge on any atom is -0.276 e. The van der Waals surface area contributed by atoms with Crippen LogP contribution in [0.15, 0.2) is 30.3 Å². The summed E-state index contributed by atoms with van der Waals surface area (Å²) < 4.78 is 1.94. The second kappa shape index (κ2) is 7.26. The van der Waals surface area contributed by atoms with E-state index in [4.69, 9.17) is 16.9 Å². The molecule has 0 heterocycles. The van der Waals surface area contributed by atoms with Gasteiger partial charge in [0.05, 0.1) is 0 Å². The summed E-state index contributed by atoms with van der Waals surface area (Å²) in [5.41, 5.74) is 0.541. The standard InChI is InChI=1S/C7H5ClO.CN.Hg/c8-7(9)6-4-2-1-3-5-6;1-2;/h1-5H;;. The van der Waals surface area contributed by atoms with Gasteiger partial charge < -0.3 is 0 Å². The molecule has 0 aliphatic rings. The van der Waals surface area contributed by atoms with Crippen LogP contribution in [-0.2, 0) is 26.1 Å². The quantitative estimate of drug-likeness (QED) is 0.564. The zero-order valence-corrected chi connectivity index (χ0v) is 12.6. The zero-order chi connectivity index (χ0) is 9.40. The van der Waals surface area contributed by atoms with Crippen LogP contribution < -0.4 is 0 Å². The first-order valence-corrected chi connectivity index (χ1v) is 6.26. The van der Waals surface area contributed by atoms with Gasteiger partial charge in [0.1, 0.15) is 0 Å². The first kappa shape index (κ1) is 11.6. The molecule has 0 radical (unpaired) electrons. The average Bonchev–Trinajstić information content (AvgIpc) is 2.07. The van der Waals surface area contributed by atoms with Gasteiger partial charge >= 0.3 is 35.0 Å². The van der Waals surface area contributed by atoms with Crippen molar-refractivity contribution in [3.8, 4) is 3.58 Å². The summed E-state index contributed by atoms with van der Waals surface area (Å²) in [6.07, 6.45) is 0. The molecule has 0 unspecified atom stereocenters. The van der Waals surface area contributed by atoms with Crippen LogP contribution in [0.5, 0.6) is 0 Å². The molecular weight excluding hydrogens is 362 g/mol. The number of nitrogens with zero attached hydrogens (tertiary/aromatic N) is 1. The predicted molar refractivity (Wildman–Crippen MR) is 42.2 cm³/mol. The third-order valence-electron chi connectivity index (χ3n) is 1.00.